The van der Waals surface area contributed by atoms with E-state index in [4.69, 9.17) is 29.4 Å². The highest BCUT2D eigenvalue weighted by Crippen LogP contribution is 2.63. The van der Waals surface area contributed by atoms with Gasteiger partial charge >= 0.3 is 0 Å². The summed E-state index contributed by atoms with van der Waals surface area (Å²) in [5.74, 6) is 2.17. The lowest BCUT2D eigenvalue weighted by Gasteiger charge is -2.43. The summed E-state index contributed by atoms with van der Waals surface area (Å²) in [6.07, 6.45) is 6.83. The van der Waals surface area contributed by atoms with E-state index in [0.717, 1.165) is 31.2 Å². The molecule has 6 atom stereocenters. The Balaban J connectivity index is 0.000000246. The van der Waals surface area contributed by atoms with E-state index < -0.39 is 20.0 Å². The average molecular weight is 1040 g/mol. The highest BCUT2D eigenvalue weighted by molar-refractivity contribution is 7.89. The number of hydrogen-bond donors (Lipinski definition) is 4. The number of fused-ring (bicyclic) bond motifs is 4. The maximum atomic E-state index is 13.9. The van der Waals surface area contributed by atoms with Crippen LogP contribution in [0.25, 0.3) is 0 Å². The van der Waals surface area contributed by atoms with Crippen LogP contribution in [0.2, 0.25) is 0 Å². The molecule has 0 aromatic heterocycles. The maximum absolute atomic E-state index is 13.9. The van der Waals surface area contributed by atoms with Gasteiger partial charge in [0.15, 0.2) is 11.5 Å². The van der Waals surface area contributed by atoms with Crippen molar-refractivity contribution in [2.24, 2.45) is 33.5 Å². The van der Waals surface area contributed by atoms with Crippen molar-refractivity contribution in [3.05, 3.63) is 65.2 Å². The average Bonchev–Trinajstić information content (AvgIpc) is 4.07. The van der Waals surface area contributed by atoms with Gasteiger partial charge in [-0.05, 0) is 126 Å². The Hall–Kier alpha value is -4.66. The zero-order valence-electron chi connectivity index (χ0n) is 42.8. The van der Waals surface area contributed by atoms with E-state index in [1.807, 2.05) is 12.1 Å². The van der Waals surface area contributed by atoms with Crippen LogP contribution in [-0.4, -0.2) is 123 Å². The first-order valence-corrected chi connectivity index (χ1v) is 27.7. The molecule has 3 aromatic carbocycles. The van der Waals surface area contributed by atoms with E-state index in [0.29, 0.717) is 72.3 Å². The second kappa shape index (κ2) is 20.9. The topological polar surface area (TPSA) is 217 Å². The summed E-state index contributed by atoms with van der Waals surface area (Å²) in [6, 6.07) is 13.1. The van der Waals surface area contributed by atoms with Gasteiger partial charge in [0.2, 0.25) is 25.8 Å². The number of ether oxygens (including phenoxy) is 5. The fourth-order valence-corrected chi connectivity index (χ4v) is 16.1. The van der Waals surface area contributed by atoms with Crippen molar-refractivity contribution in [1.29, 1.82) is 0 Å². The molecule has 19 heteroatoms. The molecule has 0 spiro atoms. The van der Waals surface area contributed by atoms with Gasteiger partial charge in [0.1, 0.15) is 9.79 Å². The van der Waals surface area contributed by atoms with Crippen LogP contribution in [0, 0.1) is 33.5 Å². The quantitative estimate of drug-likeness (QED) is 0.116. The molecule has 2 amide bonds. The lowest BCUT2D eigenvalue weighted by Crippen LogP contribution is -2.52. The molecular weight excluding hydrogens is 961 g/mol. The number of morpholine rings is 2. The number of nitrogen functional groups attached to an aromatic ring is 1. The molecule has 4 bridgehead atoms. The summed E-state index contributed by atoms with van der Waals surface area (Å²) >= 11 is 0. The van der Waals surface area contributed by atoms with Crippen molar-refractivity contribution in [3.8, 4) is 17.2 Å². The number of rotatable bonds is 14. The van der Waals surface area contributed by atoms with Gasteiger partial charge in [0.25, 0.3) is 11.8 Å². The number of anilines is 2. The van der Waals surface area contributed by atoms with Gasteiger partial charge < -0.3 is 45.4 Å². The molecule has 4 aliphatic carbocycles. The molecule has 0 radical (unpaired) electrons. The number of amides is 2. The lowest BCUT2D eigenvalue weighted by atomic mass is 9.68. The van der Waals surface area contributed by atoms with Crippen LogP contribution in [-0.2, 0) is 36.1 Å². The van der Waals surface area contributed by atoms with Crippen molar-refractivity contribution >= 4 is 43.2 Å². The third-order valence-corrected chi connectivity index (χ3v) is 20.9. The second-order valence-corrected chi connectivity index (χ2v) is 25.8. The third kappa shape index (κ3) is 10.3. The van der Waals surface area contributed by atoms with Crippen LogP contribution >= 0.6 is 0 Å². The van der Waals surface area contributed by atoms with Crippen LogP contribution in [0.5, 0.6) is 17.2 Å². The minimum absolute atomic E-state index is 0. The molecule has 6 aliphatic rings. The van der Waals surface area contributed by atoms with Crippen molar-refractivity contribution in [2.45, 2.75) is 116 Å². The van der Waals surface area contributed by atoms with Crippen molar-refractivity contribution in [2.75, 3.05) is 85.0 Å². The van der Waals surface area contributed by atoms with E-state index in [1.54, 1.807) is 32.4 Å². The number of benzene rings is 3. The summed E-state index contributed by atoms with van der Waals surface area (Å²) in [5.41, 5.74) is 8.15. The van der Waals surface area contributed by atoms with Crippen molar-refractivity contribution < 1.29 is 51.5 Å². The molecule has 17 nitrogen and oxygen atoms in total. The fraction of sp³-hybridized carbons (Fsp3) is 0.623. The zero-order chi connectivity index (χ0) is 51.3. The minimum atomic E-state index is -3.92. The normalized spacial score (nSPS) is 27.5. The SMILES string of the molecule is C.CC1(C)C(NC(=O)c2ccc(N)c(S(=O)(=O)N3CCOCC3)c2)[C@@]2(C)CC[C@@H]1C2.COc1cc(CNc2ccc(C(=O)NC3C(C)(C)[C@@H]4CC[C@@]3(C)C4)cc2S(=O)(=O)N2CCOCC2)cc(OC)c1OC.[HH]. The predicted octanol–water partition coefficient (Wildman–Crippen LogP) is 7.41. The number of nitrogens with two attached hydrogens (primary N) is 1. The summed E-state index contributed by atoms with van der Waals surface area (Å²) in [6.45, 7) is 16.2. The Bertz CT molecular complexity index is 2700. The van der Waals surface area contributed by atoms with Crippen LogP contribution in [0.3, 0.4) is 0 Å². The number of hydrogen-bond acceptors (Lipinski definition) is 13. The Morgan fingerprint density at radius 2 is 1.10 bits per heavy atom. The number of methoxy groups -OCH3 is 3. The second-order valence-electron chi connectivity index (χ2n) is 22.0. The third-order valence-electron chi connectivity index (χ3n) is 17.0. The van der Waals surface area contributed by atoms with Gasteiger partial charge in [0.05, 0.1) is 59.1 Å². The summed E-state index contributed by atoms with van der Waals surface area (Å²) in [5, 5.41) is 9.80. The van der Waals surface area contributed by atoms with Crippen molar-refractivity contribution in [1.82, 2.24) is 19.2 Å². The number of carbonyl (C=O) groups excluding carboxylic acids is 2. The van der Waals surface area contributed by atoms with Crippen LogP contribution in [0.4, 0.5) is 11.4 Å². The van der Waals surface area contributed by atoms with Gasteiger partial charge in [-0.15, -0.1) is 0 Å². The molecule has 3 aromatic rings. The van der Waals surface area contributed by atoms with Crippen LogP contribution < -0.4 is 35.9 Å². The first-order valence-electron chi connectivity index (χ1n) is 24.8. The van der Waals surface area contributed by atoms with E-state index >= 15 is 0 Å². The number of nitrogens with zero attached hydrogens (tertiary/aromatic N) is 2. The summed E-state index contributed by atoms with van der Waals surface area (Å²) in [4.78, 5) is 26.8. The van der Waals surface area contributed by atoms with Crippen LogP contribution in [0.15, 0.2) is 58.3 Å². The molecule has 400 valence electrons. The maximum Gasteiger partial charge on any atom is 0.251 e. The number of nitrogens with one attached hydrogen (secondary N) is 3. The summed E-state index contributed by atoms with van der Waals surface area (Å²) in [7, 11) is -3.06. The Morgan fingerprint density at radius 3 is 1.51 bits per heavy atom. The van der Waals surface area contributed by atoms with Crippen LogP contribution in [0.1, 0.15) is 115 Å². The lowest BCUT2D eigenvalue weighted by molar-refractivity contribution is 0.0728. The van der Waals surface area contributed by atoms with E-state index in [2.05, 4.69) is 57.5 Å². The largest absolute Gasteiger partial charge is 0.493 e. The smallest absolute Gasteiger partial charge is 0.251 e. The summed E-state index contributed by atoms with van der Waals surface area (Å²) < 4.78 is 83.7. The van der Waals surface area contributed by atoms with Gasteiger partial charge in [-0.2, -0.15) is 8.61 Å². The van der Waals surface area contributed by atoms with Crippen molar-refractivity contribution in [3.63, 3.8) is 0 Å². The molecule has 6 fully saturated rings. The molecular formula is C53H80N6O11S2. The molecule has 5 N–H and O–H groups in total. The Kier molecular flexibility index (Phi) is 16.0. The fourth-order valence-electron chi connectivity index (χ4n) is 13.0. The number of sulfonamides is 2. The standard InChI is InChI=1S/C31H43N3O7S.C21H31N3O4S.CH4.H2/c1-30(2)22-9-10-31(3,18-22)29(30)33-28(35)21-7-8-23(26(17-21)42(36,37)34-11-13-41-14-12-34)32-19-20-15-24(38-4)27(40-6)25(16-20)39-5;1-20(2)15-6-7-21(3,13-15)19(20)23-18(25)14-4-5-16(22)17(12-14)29(26,27)24-8-10-28-11-9-24;;/h7-8,15-17,22,29,32H,9-14,18-19H2,1-6H3,(H,33,35);4-5,12,15,19H,6-11,13,22H2,1-3H3,(H,23,25);1H4;1H/t22-,29?,31+;15-,19?,21+;;/m11../s1. The zero-order valence-corrected chi connectivity index (χ0v) is 44.4. The Morgan fingerprint density at radius 1 is 0.667 bits per heavy atom. The van der Waals surface area contributed by atoms with E-state index in [1.165, 1.54) is 46.8 Å². The molecule has 2 saturated heterocycles. The van der Waals surface area contributed by atoms with E-state index in [9.17, 15) is 26.4 Å². The molecule has 72 heavy (non-hydrogen) atoms. The first-order chi connectivity index (χ1) is 33.5. The molecule has 2 aliphatic heterocycles. The minimum Gasteiger partial charge on any atom is -0.493 e. The van der Waals surface area contributed by atoms with Gasteiger partial charge in [-0.3, -0.25) is 9.59 Å². The molecule has 2 unspecified atom stereocenters. The highest BCUT2D eigenvalue weighted by atomic mass is 32.2. The molecule has 9 rings (SSSR count). The van der Waals surface area contributed by atoms with Gasteiger partial charge in [-0.1, -0.05) is 49.0 Å². The number of carbonyl (C=O) groups is 2. The Labute approximate surface area is 429 Å². The first kappa shape index (κ1) is 55.1. The predicted molar refractivity (Wildman–Crippen MR) is 280 cm³/mol. The van der Waals surface area contributed by atoms with Gasteiger partial charge in [-0.25, -0.2) is 16.8 Å². The molecule has 4 saturated carbocycles. The van der Waals surface area contributed by atoms with Gasteiger partial charge in [0, 0.05) is 57.4 Å². The molecule has 2 heterocycles. The highest BCUT2D eigenvalue weighted by Gasteiger charge is 2.61. The van der Waals surface area contributed by atoms with E-state index in [-0.39, 0.29) is 103 Å². The monoisotopic (exact) mass is 1040 g/mol.